The predicted molar refractivity (Wildman–Crippen MR) is 119 cm³/mol. The van der Waals surface area contributed by atoms with Gasteiger partial charge in [-0.1, -0.05) is 37.6 Å². The monoisotopic (exact) mass is 418 g/mol. The molecule has 160 valence electrons. The highest BCUT2D eigenvalue weighted by molar-refractivity contribution is 5.97. The lowest BCUT2D eigenvalue weighted by atomic mass is 10.0. The first-order chi connectivity index (χ1) is 15.1. The molecule has 31 heavy (non-hydrogen) atoms. The number of amides is 2. The summed E-state index contributed by atoms with van der Waals surface area (Å²) >= 11 is 0. The molecule has 1 saturated heterocycles. The topological polar surface area (TPSA) is 96.2 Å². The number of carbonyl (C=O) groups excluding carboxylic acids is 2. The maximum atomic E-state index is 12.6. The molecule has 2 aromatic carbocycles. The van der Waals surface area contributed by atoms with Crippen molar-refractivity contribution in [1.82, 2.24) is 15.1 Å². The van der Waals surface area contributed by atoms with E-state index < -0.39 is 5.92 Å². The van der Waals surface area contributed by atoms with Crippen LogP contribution in [0.2, 0.25) is 0 Å². The number of aryl methyl sites for hydroxylation is 1. The number of carbonyl (C=O) groups is 2. The Morgan fingerprint density at radius 3 is 2.65 bits per heavy atom. The average Bonchev–Trinajstić information content (AvgIpc) is 3.41. The molecule has 7 nitrogen and oxygen atoms in total. The van der Waals surface area contributed by atoms with E-state index in [4.69, 9.17) is 0 Å². The van der Waals surface area contributed by atoms with Gasteiger partial charge in [0.1, 0.15) is 0 Å². The average molecular weight is 418 g/mol. The number of nitrogens with zero attached hydrogens (tertiary/aromatic N) is 2. The molecular weight excluding hydrogens is 392 g/mol. The van der Waals surface area contributed by atoms with Crippen molar-refractivity contribution in [2.75, 3.05) is 11.9 Å². The third-order valence-electron chi connectivity index (χ3n) is 5.38. The second kappa shape index (κ2) is 9.14. The zero-order chi connectivity index (χ0) is 21.8. The molecule has 0 radical (unpaired) electrons. The van der Waals surface area contributed by atoms with Crippen molar-refractivity contribution in [2.45, 2.75) is 32.8 Å². The van der Waals surface area contributed by atoms with Crippen molar-refractivity contribution >= 4 is 17.6 Å². The molecule has 0 aliphatic carbocycles. The number of aliphatic hydroxyl groups is 1. The summed E-state index contributed by atoms with van der Waals surface area (Å²) in [6.07, 6.45) is 2.10. The van der Waals surface area contributed by atoms with Gasteiger partial charge in [0.2, 0.25) is 11.8 Å². The molecule has 1 aliphatic heterocycles. The van der Waals surface area contributed by atoms with Gasteiger partial charge in [0.15, 0.2) is 5.82 Å². The van der Waals surface area contributed by atoms with E-state index in [0.29, 0.717) is 12.4 Å². The summed E-state index contributed by atoms with van der Waals surface area (Å²) in [5.41, 5.74) is 4.58. The van der Waals surface area contributed by atoms with Crippen molar-refractivity contribution < 1.29 is 14.7 Å². The molecule has 1 aliphatic rings. The highest BCUT2D eigenvalue weighted by Gasteiger charge is 2.28. The van der Waals surface area contributed by atoms with E-state index in [9.17, 15) is 14.7 Å². The van der Waals surface area contributed by atoms with Gasteiger partial charge in [-0.25, -0.2) is 4.68 Å². The first kappa shape index (κ1) is 20.8. The quantitative estimate of drug-likeness (QED) is 0.549. The molecule has 3 N–H and O–H groups in total. The first-order valence-electron chi connectivity index (χ1n) is 10.5. The van der Waals surface area contributed by atoms with Crippen LogP contribution in [0.15, 0.2) is 54.6 Å². The van der Waals surface area contributed by atoms with Gasteiger partial charge in [-0.05, 0) is 41.8 Å². The number of nitrogens with one attached hydrogen (secondary N) is 2. The Balaban J connectivity index is 1.73. The van der Waals surface area contributed by atoms with E-state index in [2.05, 4.69) is 28.7 Å². The number of para-hydroxylation sites is 1. The van der Waals surface area contributed by atoms with Crippen molar-refractivity contribution in [3.63, 3.8) is 0 Å². The number of rotatable bonds is 7. The van der Waals surface area contributed by atoms with Crippen molar-refractivity contribution in [2.24, 2.45) is 5.92 Å². The lowest BCUT2D eigenvalue weighted by Gasteiger charge is -2.11. The van der Waals surface area contributed by atoms with Crippen LogP contribution >= 0.6 is 0 Å². The molecule has 0 unspecified atom stereocenters. The van der Waals surface area contributed by atoms with Crippen molar-refractivity contribution in [1.29, 1.82) is 0 Å². The van der Waals surface area contributed by atoms with Crippen molar-refractivity contribution in [3.05, 3.63) is 65.7 Å². The molecule has 1 atom stereocenters. The van der Waals surface area contributed by atoms with Crippen molar-refractivity contribution in [3.8, 4) is 16.9 Å². The van der Waals surface area contributed by atoms with Gasteiger partial charge in [-0.2, -0.15) is 0 Å². The summed E-state index contributed by atoms with van der Waals surface area (Å²) in [5.74, 6) is -0.306. The minimum absolute atomic E-state index is 0.0453. The third kappa shape index (κ3) is 4.67. The number of hydrogen-bond acceptors (Lipinski definition) is 4. The molecular formula is C24H26N4O3. The van der Waals surface area contributed by atoms with Crippen LogP contribution in [-0.2, 0) is 22.6 Å². The first-order valence-corrected chi connectivity index (χ1v) is 10.5. The number of benzene rings is 2. The van der Waals surface area contributed by atoms with Gasteiger partial charge >= 0.3 is 0 Å². The summed E-state index contributed by atoms with van der Waals surface area (Å²) in [6, 6.07) is 17.6. The van der Waals surface area contributed by atoms with Gasteiger partial charge in [0, 0.05) is 24.6 Å². The Kier molecular flexibility index (Phi) is 6.13. The van der Waals surface area contributed by atoms with Gasteiger partial charge < -0.3 is 15.7 Å². The summed E-state index contributed by atoms with van der Waals surface area (Å²) in [6.45, 7) is 2.42. The second-order valence-corrected chi connectivity index (χ2v) is 7.80. The largest absolute Gasteiger partial charge is 0.392 e. The molecule has 1 fully saturated rings. The fraction of sp³-hybridized carbons (Fsp3) is 0.292. The predicted octanol–water partition coefficient (Wildman–Crippen LogP) is 3.06. The highest BCUT2D eigenvalue weighted by atomic mass is 16.3. The standard InChI is InChI=1S/C24H26N4O3/c1-2-6-16-9-17(15-29)11-18(10-16)21-13-22(26-24(31)19-12-23(30)25-14-19)27-28(21)20-7-4-3-5-8-20/h3-5,7-11,13,19,29H,2,6,12,14-15H2,1H3,(H,25,30)(H,26,27,31)/t19-/m1/s1. The van der Waals surface area contributed by atoms with Crippen LogP contribution in [0.25, 0.3) is 16.9 Å². The van der Waals surface area contributed by atoms with Gasteiger partial charge in [0.25, 0.3) is 0 Å². The van der Waals surface area contributed by atoms with Gasteiger partial charge in [0.05, 0.1) is 23.9 Å². The zero-order valence-corrected chi connectivity index (χ0v) is 17.5. The Morgan fingerprint density at radius 1 is 1.19 bits per heavy atom. The number of aromatic nitrogens is 2. The minimum atomic E-state index is -0.397. The molecule has 1 aromatic heterocycles. The van der Waals surface area contributed by atoms with Gasteiger partial charge in [-0.15, -0.1) is 5.10 Å². The number of hydrogen-bond donors (Lipinski definition) is 3. The molecule has 3 aromatic rings. The van der Waals surface area contributed by atoms with Crippen LogP contribution in [0.4, 0.5) is 5.82 Å². The molecule has 2 amide bonds. The molecule has 2 heterocycles. The fourth-order valence-electron chi connectivity index (χ4n) is 3.87. The van der Waals surface area contributed by atoms with E-state index in [0.717, 1.165) is 40.9 Å². The van der Waals surface area contributed by atoms with E-state index in [1.165, 1.54) is 0 Å². The highest BCUT2D eigenvalue weighted by Crippen LogP contribution is 2.29. The minimum Gasteiger partial charge on any atom is -0.392 e. The zero-order valence-electron chi connectivity index (χ0n) is 17.5. The molecule has 7 heteroatoms. The maximum Gasteiger partial charge on any atom is 0.230 e. The molecule has 0 bridgehead atoms. The Labute approximate surface area is 181 Å². The van der Waals surface area contributed by atoms with Crippen LogP contribution in [0.3, 0.4) is 0 Å². The lowest BCUT2D eigenvalue weighted by Crippen LogP contribution is -2.24. The molecule has 0 spiro atoms. The SMILES string of the molecule is CCCc1cc(CO)cc(-c2cc(NC(=O)[C@H]3CNC(=O)C3)nn2-c2ccccc2)c1. The molecule has 0 saturated carbocycles. The summed E-state index contributed by atoms with van der Waals surface area (Å²) in [7, 11) is 0. The summed E-state index contributed by atoms with van der Waals surface area (Å²) in [4.78, 5) is 24.1. The van der Waals surface area contributed by atoms with E-state index >= 15 is 0 Å². The third-order valence-corrected chi connectivity index (χ3v) is 5.38. The van der Waals surface area contributed by atoms with E-state index in [-0.39, 0.29) is 24.8 Å². The van der Waals surface area contributed by atoms with Crippen LogP contribution < -0.4 is 10.6 Å². The van der Waals surface area contributed by atoms with Crippen LogP contribution in [0, 0.1) is 5.92 Å². The van der Waals surface area contributed by atoms with Gasteiger partial charge in [-0.3, -0.25) is 9.59 Å². The van der Waals surface area contributed by atoms with Crippen LogP contribution in [0.1, 0.15) is 30.9 Å². The molecule has 4 rings (SSSR count). The lowest BCUT2D eigenvalue weighted by molar-refractivity contribution is -0.123. The normalized spacial score (nSPS) is 15.7. The number of anilines is 1. The Hall–Kier alpha value is -3.45. The van der Waals surface area contributed by atoms with Crippen LogP contribution in [0.5, 0.6) is 0 Å². The van der Waals surface area contributed by atoms with E-state index in [1.807, 2.05) is 48.5 Å². The number of aliphatic hydroxyl groups excluding tert-OH is 1. The fourth-order valence-corrected chi connectivity index (χ4v) is 3.87. The maximum absolute atomic E-state index is 12.6. The summed E-state index contributed by atoms with van der Waals surface area (Å²) in [5, 5.41) is 19.9. The van der Waals surface area contributed by atoms with Crippen LogP contribution in [-0.4, -0.2) is 33.2 Å². The second-order valence-electron chi connectivity index (χ2n) is 7.80. The smallest absolute Gasteiger partial charge is 0.230 e. The summed E-state index contributed by atoms with van der Waals surface area (Å²) < 4.78 is 1.79. The Bertz CT molecular complexity index is 1090. The van der Waals surface area contributed by atoms with E-state index in [1.54, 1.807) is 4.68 Å². The Morgan fingerprint density at radius 2 is 1.97 bits per heavy atom.